The average Bonchev–Trinajstić information content (AvgIpc) is 3.60. The number of nitrogens with zero attached hydrogens (tertiary/aromatic N) is 3. The van der Waals surface area contributed by atoms with E-state index in [0.717, 1.165) is 74.5 Å². The minimum absolute atomic E-state index is 0.186. The number of likely N-dealkylation sites (N-methyl/N-ethyl adjacent to an activating group) is 2. The fraction of sp³-hybridized carbons (Fsp3) is 0.516. The molecule has 1 unspecified atom stereocenters. The van der Waals surface area contributed by atoms with Gasteiger partial charge in [-0.05, 0) is 51.7 Å². The fourth-order valence-electron chi connectivity index (χ4n) is 5.42. The zero-order valence-electron chi connectivity index (χ0n) is 25.2. The molecule has 1 spiro atoms. The zero-order valence-corrected chi connectivity index (χ0v) is 26.8. The quantitative estimate of drug-likeness (QED) is 0.381. The maximum atomic E-state index is 10.8. The van der Waals surface area contributed by atoms with E-state index in [1.807, 2.05) is 19.9 Å². The largest absolute Gasteiger partial charge is 0.454 e. The maximum absolute atomic E-state index is 10.8. The van der Waals surface area contributed by atoms with E-state index in [0.29, 0.717) is 29.2 Å². The molecule has 9 nitrogen and oxygen atoms in total. The molecule has 0 bridgehead atoms. The summed E-state index contributed by atoms with van der Waals surface area (Å²) in [5.41, 5.74) is 1.96. The monoisotopic (exact) mass is 618 g/mol. The van der Waals surface area contributed by atoms with Crippen molar-refractivity contribution in [3.63, 3.8) is 0 Å². The van der Waals surface area contributed by atoms with Gasteiger partial charge >= 0.3 is 0 Å². The van der Waals surface area contributed by atoms with Crippen molar-refractivity contribution in [2.24, 2.45) is 0 Å². The summed E-state index contributed by atoms with van der Waals surface area (Å²) in [4.78, 5) is 39.1. The van der Waals surface area contributed by atoms with Gasteiger partial charge < -0.3 is 34.3 Å². The number of halogens is 1. The molecule has 3 saturated heterocycles. The molecule has 3 fully saturated rings. The smallest absolute Gasteiger partial charge is 0.231 e. The number of aldehydes is 2. The highest BCUT2D eigenvalue weighted by atomic mass is 35.5. The Morgan fingerprint density at radius 3 is 2.38 bits per heavy atom. The third kappa shape index (κ3) is 9.10. The normalized spacial score (nSPS) is 20.1. The van der Waals surface area contributed by atoms with E-state index in [1.54, 1.807) is 18.2 Å². The predicted molar refractivity (Wildman–Crippen MR) is 169 cm³/mol. The van der Waals surface area contributed by atoms with Crippen LogP contribution in [-0.2, 0) is 9.59 Å². The lowest BCUT2D eigenvalue weighted by atomic mass is 9.89. The van der Waals surface area contributed by atoms with Crippen molar-refractivity contribution >= 4 is 47.5 Å². The second kappa shape index (κ2) is 16.2. The number of rotatable bonds is 5. The molecule has 2 aromatic rings. The van der Waals surface area contributed by atoms with Gasteiger partial charge in [0.05, 0.1) is 16.3 Å². The molecule has 1 N–H and O–H groups in total. The molecule has 6 rings (SSSR count). The number of nitrogens with one attached hydrogen (secondary N) is 1. The van der Waals surface area contributed by atoms with Crippen molar-refractivity contribution < 1.29 is 23.9 Å². The highest BCUT2D eigenvalue weighted by Gasteiger charge is 2.45. The third-order valence-corrected chi connectivity index (χ3v) is 8.69. The second-order valence-electron chi connectivity index (χ2n) is 10.6. The number of hydrogen-bond acceptors (Lipinski definition) is 9. The summed E-state index contributed by atoms with van der Waals surface area (Å²) in [6, 6.07) is 11.7. The molecule has 1 atom stereocenters. The Morgan fingerprint density at radius 1 is 1.05 bits per heavy atom. The summed E-state index contributed by atoms with van der Waals surface area (Å²) < 4.78 is 10.8. The molecule has 0 aliphatic carbocycles. The topological polar surface area (TPSA) is 91.4 Å². The van der Waals surface area contributed by atoms with E-state index < -0.39 is 0 Å². The number of ether oxygens (including phenoxy) is 2. The predicted octanol–water partition coefficient (Wildman–Crippen LogP) is 4.61. The number of hydrogen-bond donors (Lipinski definition) is 1. The van der Waals surface area contributed by atoms with Crippen molar-refractivity contribution in [1.82, 2.24) is 15.1 Å². The van der Waals surface area contributed by atoms with E-state index in [2.05, 4.69) is 53.2 Å². The number of thioether (sulfide) groups is 1. The number of carbonyl (C=O) groups excluding carboxylic acids is 3. The van der Waals surface area contributed by atoms with Gasteiger partial charge in [-0.15, -0.1) is 11.8 Å². The number of amides is 1. The summed E-state index contributed by atoms with van der Waals surface area (Å²) >= 11 is 7.20. The van der Waals surface area contributed by atoms with Gasteiger partial charge in [-0.1, -0.05) is 31.5 Å². The average molecular weight is 619 g/mol. The van der Waals surface area contributed by atoms with Crippen molar-refractivity contribution in [3.8, 4) is 11.5 Å². The van der Waals surface area contributed by atoms with Crippen LogP contribution in [0.5, 0.6) is 11.5 Å². The molecular weight excluding hydrogens is 576 g/mol. The summed E-state index contributed by atoms with van der Waals surface area (Å²) in [6.07, 6.45) is 3.32. The van der Waals surface area contributed by atoms with E-state index in [9.17, 15) is 14.4 Å². The molecule has 4 aliphatic rings. The number of carbonyl (C=O) groups is 3. The first kappa shape index (κ1) is 33.7. The maximum Gasteiger partial charge on any atom is 0.231 e. The van der Waals surface area contributed by atoms with Crippen LogP contribution in [0.15, 0.2) is 41.3 Å². The van der Waals surface area contributed by atoms with Crippen molar-refractivity contribution in [1.29, 1.82) is 0 Å². The van der Waals surface area contributed by atoms with Gasteiger partial charge in [-0.2, -0.15) is 0 Å². The lowest BCUT2D eigenvalue weighted by Gasteiger charge is -2.45. The van der Waals surface area contributed by atoms with Crippen LogP contribution in [0.25, 0.3) is 0 Å². The van der Waals surface area contributed by atoms with Gasteiger partial charge in [0, 0.05) is 67.4 Å². The Morgan fingerprint density at radius 2 is 1.79 bits per heavy atom. The van der Waals surface area contributed by atoms with E-state index in [1.165, 1.54) is 17.4 Å². The van der Waals surface area contributed by atoms with Crippen LogP contribution >= 0.6 is 23.4 Å². The van der Waals surface area contributed by atoms with Crippen LogP contribution in [0.2, 0.25) is 5.02 Å². The van der Waals surface area contributed by atoms with Gasteiger partial charge in [0.2, 0.25) is 12.7 Å². The molecule has 1 amide bonds. The minimum Gasteiger partial charge on any atom is -0.454 e. The van der Waals surface area contributed by atoms with E-state index in [4.69, 9.17) is 21.1 Å². The van der Waals surface area contributed by atoms with Crippen LogP contribution in [0.1, 0.15) is 44.0 Å². The molecule has 0 radical (unpaired) electrons. The van der Waals surface area contributed by atoms with Crippen LogP contribution in [0.3, 0.4) is 0 Å². The molecule has 2 aromatic carbocycles. The van der Waals surface area contributed by atoms with Crippen LogP contribution in [-0.4, -0.2) is 99.2 Å². The lowest BCUT2D eigenvalue weighted by molar-refractivity contribution is -0.120. The molecule has 0 aromatic heterocycles. The fourth-order valence-corrected chi connectivity index (χ4v) is 6.38. The van der Waals surface area contributed by atoms with Crippen molar-refractivity contribution in [3.05, 3.63) is 47.0 Å². The minimum atomic E-state index is 0.186. The van der Waals surface area contributed by atoms with Gasteiger partial charge in [0.1, 0.15) is 12.6 Å². The van der Waals surface area contributed by atoms with Crippen LogP contribution < -0.4 is 19.7 Å². The Hall–Kier alpha value is -2.79. The number of fused-ring (bicyclic) bond motifs is 1. The van der Waals surface area contributed by atoms with Crippen molar-refractivity contribution in [2.45, 2.75) is 50.1 Å². The first-order valence-electron chi connectivity index (χ1n) is 14.4. The molecular formula is C31H43ClN4O5S. The summed E-state index contributed by atoms with van der Waals surface area (Å²) in [7, 11) is 4.25. The first-order valence-corrected chi connectivity index (χ1v) is 15.7. The van der Waals surface area contributed by atoms with Crippen LogP contribution in [0, 0.1) is 0 Å². The molecule has 0 saturated carbocycles. The highest BCUT2D eigenvalue weighted by Crippen LogP contribution is 2.36. The lowest BCUT2D eigenvalue weighted by Crippen LogP contribution is -2.65. The number of piperazine rings is 1. The highest BCUT2D eigenvalue weighted by molar-refractivity contribution is 8.00. The number of benzene rings is 2. The Labute approximate surface area is 258 Å². The number of likely N-dealkylation sites (tertiary alicyclic amines) is 1. The van der Waals surface area contributed by atoms with Gasteiger partial charge in [0.15, 0.2) is 11.5 Å². The van der Waals surface area contributed by atoms with E-state index >= 15 is 0 Å². The Balaban J connectivity index is 0.000000173. The summed E-state index contributed by atoms with van der Waals surface area (Å²) in [5.74, 6) is 2.33. The number of anilines is 1. The van der Waals surface area contributed by atoms with Gasteiger partial charge in [-0.3, -0.25) is 9.59 Å². The summed E-state index contributed by atoms with van der Waals surface area (Å²) in [5, 5.41) is 3.53. The molecule has 4 aliphatic heterocycles. The standard InChI is InChI=1S/C13H18N2O2.C9H7ClO2S.C7H12N2O.C2H6/c1-10-8-14(2)5-6-15(10)11-3-4-12-13(7-11)17-9-16-12;10-8-5-7(6-12)1-2-9(8)13-4-3-11;1-9-4-7(5-9)3-2-6(10)8-7;1-2/h3-4,7,10H,5-6,8-9H2,1-2H3;1-3,5-6H,4H2;2-5H2,1H3,(H,8,10);1-2H3. The van der Waals surface area contributed by atoms with Crippen LogP contribution in [0.4, 0.5) is 5.69 Å². The Kier molecular flexibility index (Phi) is 13.0. The molecule has 230 valence electrons. The Bertz CT molecular complexity index is 1210. The van der Waals surface area contributed by atoms with Gasteiger partial charge in [0.25, 0.3) is 0 Å². The SMILES string of the molecule is CC.CC1CN(C)CCN1c1ccc2c(c1)OCO2.CN1CC2(CCC(=O)N2)C1.O=CCSc1ccc(C=O)cc1Cl. The second-order valence-corrected chi connectivity index (χ2v) is 12.1. The molecule has 4 heterocycles. The summed E-state index contributed by atoms with van der Waals surface area (Å²) in [6.45, 7) is 12.0. The zero-order chi connectivity index (χ0) is 30.7. The molecule has 42 heavy (non-hydrogen) atoms. The van der Waals surface area contributed by atoms with Crippen molar-refractivity contribution in [2.75, 3.05) is 64.3 Å². The molecule has 11 heteroatoms. The van der Waals surface area contributed by atoms with Gasteiger partial charge in [-0.25, -0.2) is 0 Å². The third-order valence-electron chi connectivity index (χ3n) is 7.30. The first-order chi connectivity index (χ1) is 20.2. The van der Waals surface area contributed by atoms with E-state index in [-0.39, 0.29) is 11.4 Å².